The molecule has 0 aliphatic heterocycles. The molecule has 0 atom stereocenters. The van der Waals surface area contributed by atoms with Crippen molar-refractivity contribution in [2.75, 3.05) is 0 Å². The average molecular weight is 421 g/mol. The van der Waals surface area contributed by atoms with Crippen LogP contribution in [-0.2, 0) is 11.4 Å². The molecule has 0 fully saturated rings. The number of ether oxygens (including phenoxy) is 1. The van der Waals surface area contributed by atoms with Crippen LogP contribution < -0.4 is 4.74 Å². The van der Waals surface area contributed by atoms with Crippen molar-refractivity contribution in [1.29, 1.82) is 0 Å². The Labute approximate surface area is 151 Å². The highest BCUT2D eigenvalue weighted by atomic mass is 79.9. The molecule has 6 heteroatoms. The normalized spacial score (nSPS) is 10.9. The van der Waals surface area contributed by atoms with E-state index in [1.807, 2.05) is 18.2 Å². The van der Waals surface area contributed by atoms with Crippen LogP contribution in [-0.4, -0.2) is 5.24 Å². The van der Waals surface area contributed by atoms with E-state index in [4.69, 9.17) is 39.5 Å². The molecule has 0 aliphatic rings. The minimum absolute atomic E-state index is 0.299. The van der Waals surface area contributed by atoms with Crippen LogP contribution in [0.15, 0.2) is 46.9 Å². The summed E-state index contributed by atoms with van der Waals surface area (Å²) in [5.74, 6) is 0.510. The molecule has 0 unspecified atom stereocenters. The van der Waals surface area contributed by atoms with Gasteiger partial charge >= 0.3 is 0 Å². The first-order valence-electron chi connectivity index (χ1n) is 6.20. The average Bonchev–Trinajstić information content (AvgIpc) is 2.46. The largest absolute Gasteiger partial charge is 0.486 e. The van der Waals surface area contributed by atoms with Crippen molar-refractivity contribution < 1.29 is 9.53 Å². The van der Waals surface area contributed by atoms with Crippen LogP contribution >= 0.6 is 50.7 Å². The van der Waals surface area contributed by atoms with E-state index in [-0.39, 0.29) is 0 Å². The van der Waals surface area contributed by atoms with Gasteiger partial charge in [0.15, 0.2) is 5.75 Å². The summed E-state index contributed by atoms with van der Waals surface area (Å²) in [6.07, 6.45) is 2.83. The fraction of sp³-hybridized carbons (Fsp3) is 0.0625. The number of hydrogen-bond donors (Lipinski definition) is 0. The molecule has 0 spiro atoms. The highest BCUT2D eigenvalue weighted by Gasteiger charge is 2.10. The van der Waals surface area contributed by atoms with Crippen molar-refractivity contribution in [3.05, 3.63) is 68.1 Å². The third-order valence-electron chi connectivity index (χ3n) is 2.76. The van der Waals surface area contributed by atoms with E-state index in [1.165, 1.54) is 6.08 Å². The molecule has 0 saturated carbocycles. The quantitative estimate of drug-likeness (QED) is 0.431. The Bertz CT molecular complexity index is 706. The van der Waals surface area contributed by atoms with Crippen LogP contribution in [0.2, 0.25) is 10.0 Å². The minimum Gasteiger partial charge on any atom is -0.486 e. The third-order valence-corrected chi connectivity index (χ3v) is 4.12. The molecule has 0 saturated heterocycles. The topological polar surface area (TPSA) is 26.3 Å². The fourth-order valence-corrected chi connectivity index (χ4v) is 2.98. The SMILES string of the molecule is O=C(Cl)/C=C/c1cc(Cl)c(OCc2ccccc2Cl)c(Br)c1. The van der Waals surface area contributed by atoms with Gasteiger partial charge in [-0.1, -0.05) is 47.5 Å². The van der Waals surface area contributed by atoms with Crippen LogP contribution in [0.25, 0.3) is 6.08 Å². The second-order valence-electron chi connectivity index (χ2n) is 4.33. The van der Waals surface area contributed by atoms with Crippen LogP contribution in [0.3, 0.4) is 0 Å². The zero-order valence-corrected chi connectivity index (χ0v) is 15.0. The Morgan fingerprint density at radius 3 is 2.55 bits per heavy atom. The van der Waals surface area contributed by atoms with E-state index in [9.17, 15) is 4.79 Å². The van der Waals surface area contributed by atoms with E-state index < -0.39 is 5.24 Å². The van der Waals surface area contributed by atoms with Crippen LogP contribution in [0.1, 0.15) is 11.1 Å². The molecule has 0 radical (unpaired) electrons. The summed E-state index contributed by atoms with van der Waals surface area (Å²) in [5.41, 5.74) is 1.60. The molecule has 2 aromatic carbocycles. The number of benzene rings is 2. The molecule has 22 heavy (non-hydrogen) atoms. The van der Waals surface area contributed by atoms with E-state index in [0.717, 1.165) is 11.1 Å². The summed E-state index contributed by atoms with van der Waals surface area (Å²) in [4.78, 5) is 10.7. The van der Waals surface area contributed by atoms with Gasteiger partial charge in [-0.2, -0.15) is 0 Å². The van der Waals surface area contributed by atoms with Gasteiger partial charge in [-0.3, -0.25) is 4.79 Å². The fourth-order valence-electron chi connectivity index (χ4n) is 1.74. The van der Waals surface area contributed by atoms with E-state index >= 15 is 0 Å². The second-order valence-corrected chi connectivity index (χ2v) is 6.37. The van der Waals surface area contributed by atoms with E-state index in [0.29, 0.717) is 26.9 Å². The first kappa shape index (κ1) is 17.4. The third kappa shape index (κ3) is 4.75. The first-order chi connectivity index (χ1) is 10.5. The molecule has 2 rings (SSSR count). The van der Waals surface area contributed by atoms with Gasteiger partial charge in [-0.15, -0.1) is 0 Å². The Morgan fingerprint density at radius 1 is 1.18 bits per heavy atom. The highest BCUT2D eigenvalue weighted by Crippen LogP contribution is 2.35. The van der Waals surface area contributed by atoms with Crippen molar-refractivity contribution in [1.82, 2.24) is 0 Å². The lowest BCUT2D eigenvalue weighted by Gasteiger charge is -2.12. The predicted molar refractivity (Wildman–Crippen MR) is 94.8 cm³/mol. The molecule has 0 aliphatic carbocycles. The van der Waals surface area contributed by atoms with Gasteiger partial charge < -0.3 is 4.74 Å². The van der Waals surface area contributed by atoms with Crippen LogP contribution in [0.4, 0.5) is 0 Å². The predicted octanol–water partition coefficient (Wildman–Crippen LogP) is 6.11. The summed E-state index contributed by atoms with van der Waals surface area (Å²) in [5, 5.41) is 0.504. The van der Waals surface area contributed by atoms with E-state index in [2.05, 4.69) is 15.9 Å². The van der Waals surface area contributed by atoms with Gasteiger partial charge in [-0.25, -0.2) is 0 Å². The summed E-state index contributed by atoms with van der Waals surface area (Å²) in [6.45, 7) is 0.299. The Hall–Kier alpha value is -1.000. The zero-order chi connectivity index (χ0) is 16.1. The lowest BCUT2D eigenvalue weighted by molar-refractivity contribution is -0.107. The second kappa shape index (κ2) is 8.02. The van der Waals surface area contributed by atoms with Crippen LogP contribution in [0.5, 0.6) is 5.75 Å². The van der Waals surface area contributed by atoms with E-state index in [1.54, 1.807) is 24.3 Å². The summed E-state index contributed by atoms with van der Waals surface area (Å²) in [7, 11) is 0. The maximum atomic E-state index is 10.7. The number of hydrogen-bond acceptors (Lipinski definition) is 2. The number of halogens is 4. The first-order valence-corrected chi connectivity index (χ1v) is 8.13. The van der Waals surface area contributed by atoms with Crippen molar-refractivity contribution in [2.45, 2.75) is 6.61 Å². The molecule has 0 aromatic heterocycles. The lowest BCUT2D eigenvalue weighted by Crippen LogP contribution is -1.98. The highest BCUT2D eigenvalue weighted by molar-refractivity contribution is 9.10. The Kier molecular flexibility index (Phi) is 6.33. The number of carbonyl (C=O) groups is 1. The van der Waals surface area contributed by atoms with Crippen molar-refractivity contribution in [3.63, 3.8) is 0 Å². The van der Waals surface area contributed by atoms with Gasteiger partial charge in [0.05, 0.1) is 9.50 Å². The summed E-state index contributed by atoms with van der Waals surface area (Å²) >= 11 is 21.0. The van der Waals surface area contributed by atoms with Gasteiger partial charge in [0.1, 0.15) is 6.61 Å². The Morgan fingerprint density at radius 2 is 1.91 bits per heavy atom. The maximum Gasteiger partial charge on any atom is 0.245 e. The molecule has 2 nitrogen and oxygen atoms in total. The zero-order valence-electron chi connectivity index (χ0n) is 11.2. The van der Waals surface area contributed by atoms with Gasteiger partial charge in [0, 0.05) is 10.6 Å². The molecule has 2 aromatic rings. The number of rotatable bonds is 5. The molecule has 0 N–H and O–H groups in total. The lowest BCUT2D eigenvalue weighted by atomic mass is 10.2. The number of allylic oxidation sites excluding steroid dienone is 1. The standard InChI is InChI=1S/C16H10BrCl3O2/c17-12-7-10(5-6-15(20)21)8-14(19)16(12)22-9-11-3-1-2-4-13(11)18/h1-8H,9H2/b6-5+. The van der Waals surface area contributed by atoms with Gasteiger partial charge in [0.25, 0.3) is 0 Å². The van der Waals surface area contributed by atoms with Gasteiger partial charge in [0.2, 0.25) is 5.24 Å². The van der Waals surface area contributed by atoms with Crippen molar-refractivity contribution in [3.8, 4) is 5.75 Å². The van der Waals surface area contributed by atoms with Gasteiger partial charge in [-0.05, 0) is 57.4 Å². The maximum absolute atomic E-state index is 10.7. The molecule has 114 valence electrons. The number of carbonyl (C=O) groups excluding carboxylic acids is 1. The molecule has 0 amide bonds. The monoisotopic (exact) mass is 418 g/mol. The minimum atomic E-state index is -0.550. The smallest absolute Gasteiger partial charge is 0.245 e. The summed E-state index contributed by atoms with van der Waals surface area (Å²) < 4.78 is 6.41. The van der Waals surface area contributed by atoms with Crippen molar-refractivity contribution >= 4 is 62.1 Å². The molecule has 0 bridgehead atoms. The Balaban J connectivity index is 2.18. The molecular weight excluding hydrogens is 410 g/mol. The summed E-state index contributed by atoms with van der Waals surface area (Å²) in [6, 6.07) is 10.9. The van der Waals surface area contributed by atoms with Crippen molar-refractivity contribution in [2.24, 2.45) is 0 Å². The van der Waals surface area contributed by atoms with Crippen LogP contribution in [0, 0.1) is 0 Å². The molecule has 0 heterocycles. The molecular formula is C16H10BrCl3O2.